The first kappa shape index (κ1) is 13.3. The molecule has 0 spiro atoms. The fourth-order valence-corrected chi connectivity index (χ4v) is 3.69. The van der Waals surface area contributed by atoms with Gasteiger partial charge in [-0.1, -0.05) is 11.6 Å². The van der Waals surface area contributed by atoms with Gasteiger partial charge in [0.1, 0.15) is 6.07 Å². The number of nitrogens with two attached hydrogens (primary N) is 1. The monoisotopic (exact) mass is 285 g/mol. The van der Waals surface area contributed by atoms with Crippen LogP contribution in [0.4, 0.5) is 0 Å². The third-order valence-electron chi connectivity index (χ3n) is 2.89. The second-order valence-electron chi connectivity index (χ2n) is 4.17. The molecular formula is C11H12ClN3O2S. The Labute approximate surface area is 111 Å². The normalized spacial score (nSPS) is 20.8. The number of benzene rings is 1. The van der Waals surface area contributed by atoms with E-state index in [9.17, 15) is 8.42 Å². The van der Waals surface area contributed by atoms with Gasteiger partial charge in [0, 0.05) is 19.1 Å². The second kappa shape index (κ2) is 4.86. The van der Waals surface area contributed by atoms with Crippen LogP contribution in [-0.4, -0.2) is 31.9 Å². The van der Waals surface area contributed by atoms with E-state index in [-0.39, 0.29) is 21.5 Å². The third kappa shape index (κ3) is 2.35. The average molecular weight is 286 g/mol. The zero-order valence-electron chi connectivity index (χ0n) is 9.51. The number of hydrogen-bond acceptors (Lipinski definition) is 4. The minimum Gasteiger partial charge on any atom is -0.326 e. The maximum atomic E-state index is 12.3. The Bertz CT molecular complexity index is 609. The van der Waals surface area contributed by atoms with Crippen molar-refractivity contribution in [3.8, 4) is 6.07 Å². The first-order valence-electron chi connectivity index (χ1n) is 5.40. The standard InChI is InChI=1S/C11H12ClN3O2S/c12-11-5-10(2-1-8(11)6-13)18(16,17)15-4-3-9(14)7-15/h1-2,5,9H,3-4,7,14H2/t9-/m0/s1. The second-order valence-corrected chi connectivity index (χ2v) is 6.51. The van der Waals surface area contributed by atoms with Crippen molar-refractivity contribution >= 4 is 21.6 Å². The van der Waals surface area contributed by atoms with Crippen LogP contribution in [0.5, 0.6) is 0 Å². The highest BCUT2D eigenvalue weighted by atomic mass is 35.5. The summed E-state index contributed by atoms with van der Waals surface area (Å²) in [4.78, 5) is 0.0978. The van der Waals surface area contributed by atoms with Gasteiger partial charge in [-0.2, -0.15) is 9.57 Å². The molecule has 18 heavy (non-hydrogen) atoms. The summed E-state index contributed by atoms with van der Waals surface area (Å²) in [5.41, 5.74) is 5.96. The quantitative estimate of drug-likeness (QED) is 0.876. The fourth-order valence-electron chi connectivity index (χ4n) is 1.87. The molecule has 2 N–H and O–H groups in total. The zero-order chi connectivity index (χ0) is 13.3. The molecule has 1 fully saturated rings. The van der Waals surface area contributed by atoms with E-state index in [1.165, 1.54) is 22.5 Å². The molecule has 0 aromatic heterocycles. The maximum absolute atomic E-state index is 12.3. The molecule has 2 rings (SSSR count). The first-order chi connectivity index (χ1) is 8.45. The highest BCUT2D eigenvalue weighted by Crippen LogP contribution is 2.24. The van der Waals surface area contributed by atoms with E-state index in [2.05, 4.69) is 0 Å². The van der Waals surface area contributed by atoms with E-state index in [0.29, 0.717) is 19.5 Å². The number of nitrogens with zero attached hydrogens (tertiary/aromatic N) is 2. The van der Waals surface area contributed by atoms with Crippen LogP contribution in [0.2, 0.25) is 5.02 Å². The van der Waals surface area contributed by atoms with Gasteiger partial charge in [0.15, 0.2) is 0 Å². The molecular weight excluding hydrogens is 274 g/mol. The summed E-state index contributed by atoms with van der Waals surface area (Å²) in [7, 11) is -3.56. The lowest BCUT2D eigenvalue weighted by atomic mass is 10.2. The summed E-state index contributed by atoms with van der Waals surface area (Å²) >= 11 is 5.84. The van der Waals surface area contributed by atoms with Gasteiger partial charge in [-0.15, -0.1) is 0 Å². The van der Waals surface area contributed by atoms with Gasteiger partial charge in [-0.25, -0.2) is 8.42 Å². The predicted octanol–water partition coefficient (Wildman–Crippen LogP) is 0.933. The van der Waals surface area contributed by atoms with Crippen LogP contribution in [0.15, 0.2) is 23.1 Å². The van der Waals surface area contributed by atoms with Crippen molar-refractivity contribution in [3.63, 3.8) is 0 Å². The Balaban J connectivity index is 2.37. The number of rotatable bonds is 2. The van der Waals surface area contributed by atoms with E-state index in [0.717, 1.165) is 0 Å². The fraction of sp³-hybridized carbons (Fsp3) is 0.364. The lowest BCUT2D eigenvalue weighted by molar-refractivity contribution is 0.472. The Kier molecular flexibility index (Phi) is 3.59. The summed E-state index contributed by atoms with van der Waals surface area (Å²) < 4.78 is 25.9. The molecule has 0 saturated carbocycles. The van der Waals surface area contributed by atoms with Crippen molar-refractivity contribution in [3.05, 3.63) is 28.8 Å². The van der Waals surface area contributed by atoms with E-state index in [1.807, 2.05) is 6.07 Å². The Morgan fingerprint density at radius 3 is 2.72 bits per heavy atom. The van der Waals surface area contributed by atoms with Crippen molar-refractivity contribution in [2.75, 3.05) is 13.1 Å². The van der Waals surface area contributed by atoms with Crippen molar-refractivity contribution in [1.29, 1.82) is 5.26 Å². The predicted molar refractivity (Wildman–Crippen MR) is 67.5 cm³/mol. The van der Waals surface area contributed by atoms with Crippen molar-refractivity contribution < 1.29 is 8.42 Å². The van der Waals surface area contributed by atoms with Gasteiger partial charge in [0.05, 0.1) is 15.5 Å². The largest absolute Gasteiger partial charge is 0.326 e. The highest BCUT2D eigenvalue weighted by molar-refractivity contribution is 7.89. The minimum atomic E-state index is -3.56. The first-order valence-corrected chi connectivity index (χ1v) is 7.22. The number of sulfonamides is 1. The molecule has 5 nitrogen and oxygen atoms in total. The van der Waals surface area contributed by atoms with Crippen molar-refractivity contribution in [2.45, 2.75) is 17.4 Å². The van der Waals surface area contributed by atoms with E-state index in [1.54, 1.807) is 0 Å². The topological polar surface area (TPSA) is 87.2 Å². The molecule has 1 heterocycles. The van der Waals surface area contributed by atoms with Crippen LogP contribution in [0.1, 0.15) is 12.0 Å². The van der Waals surface area contributed by atoms with Gasteiger partial charge >= 0.3 is 0 Å². The van der Waals surface area contributed by atoms with Crippen molar-refractivity contribution in [2.24, 2.45) is 5.73 Å². The molecule has 0 radical (unpaired) electrons. The molecule has 0 bridgehead atoms. The summed E-state index contributed by atoms with van der Waals surface area (Å²) in [6.07, 6.45) is 0.656. The third-order valence-corrected chi connectivity index (χ3v) is 5.06. The SMILES string of the molecule is N#Cc1ccc(S(=O)(=O)N2CC[C@H](N)C2)cc1Cl. The summed E-state index contributed by atoms with van der Waals surface area (Å²) in [5.74, 6) is 0. The Morgan fingerprint density at radius 1 is 1.50 bits per heavy atom. The molecule has 0 amide bonds. The summed E-state index contributed by atoms with van der Waals surface area (Å²) in [6, 6.07) is 5.88. The van der Waals surface area contributed by atoms with E-state index >= 15 is 0 Å². The molecule has 96 valence electrons. The number of halogens is 1. The minimum absolute atomic E-state index is 0.0978. The van der Waals surface area contributed by atoms with Gasteiger partial charge in [0.2, 0.25) is 10.0 Å². The summed E-state index contributed by atoms with van der Waals surface area (Å²) in [6.45, 7) is 0.737. The molecule has 1 saturated heterocycles. The highest BCUT2D eigenvalue weighted by Gasteiger charge is 2.31. The van der Waals surface area contributed by atoms with E-state index < -0.39 is 10.0 Å². The number of nitriles is 1. The smallest absolute Gasteiger partial charge is 0.243 e. The van der Waals surface area contributed by atoms with E-state index in [4.69, 9.17) is 22.6 Å². The lowest BCUT2D eigenvalue weighted by Gasteiger charge is -2.16. The molecule has 1 atom stereocenters. The molecule has 0 unspecified atom stereocenters. The Hall–Kier alpha value is -1.13. The van der Waals surface area contributed by atoms with Crippen LogP contribution >= 0.6 is 11.6 Å². The van der Waals surface area contributed by atoms with Gasteiger partial charge < -0.3 is 5.73 Å². The molecule has 7 heteroatoms. The van der Waals surface area contributed by atoms with Crippen LogP contribution in [0, 0.1) is 11.3 Å². The van der Waals surface area contributed by atoms with Gasteiger partial charge in [0.25, 0.3) is 0 Å². The lowest BCUT2D eigenvalue weighted by Crippen LogP contribution is -2.31. The van der Waals surface area contributed by atoms with Gasteiger partial charge in [-0.3, -0.25) is 0 Å². The molecule has 1 aromatic rings. The van der Waals surface area contributed by atoms with Gasteiger partial charge in [-0.05, 0) is 24.6 Å². The maximum Gasteiger partial charge on any atom is 0.243 e. The van der Waals surface area contributed by atoms with Crippen molar-refractivity contribution in [1.82, 2.24) is 4.31 Å². The summed E-state index contributed by atoms with van der Waals surface area (Å²) in [5, 5.41) is 8.89. The zero-order valence-corrected chi connectivity index (χ0v) is 11.1. The number of hydrogen-bond donors (Lipinski definition) is 1. The molecule has 1 aliphatic heterocycles. The molecule has 1 aromatic carbocycles. The van der Waals surface area contributed by atoms with Crippen LogP contribution < -0.4 is 5.73 Å². The molecule has 1 aliphatic rings. The van der Waals surface area contributed by atoms with Crippen LogP contribution in [0.25, 0.3) is 0 Å². The van der Waals surface area contributed by atoms with Crippen LogP contribution in [-0.2, 0) is 10.0 Å². The van der Waals surface area contributed by atoms with Crippen LogP contribution in [0.3, 0.4) is 0 Å². The Morgan fingerprint density at radius 2 is 2.22 bits per heavy atom. The average Bonchev–Trinajstić information content (AvgIpc) is 2.76. The molecule has 0 aliphatic carbocycles.